The molecular formula is C17H18BrNO2S. The summed E-state index contributed by atoms with van der Waals surface area (Å²) in [5, 5.41) is 2.81. The Morgan fingerprint density at radius 1 is 1.27 bits per heavy atom. The SMILES string of the molecule is COc1ccc(SC(C)C(=O)NCc2cccc(Br)c2)cc1. The van der Waals surface area contributed by atoms with Gasteiger partial charge in [0.1, 0.15) is 5.75 Å². The summed E-state index contributed by atoms with van der Waals surface area (Å²) in [5.41, 5.74) is 1.07. The van der Waals surface area contributed by atoms with E-state index in [1.165, 1.54) is 11.8 Å². The minimum absolute atomic E-state index is 0.0285. The van der Waals surface area contributed by atoms with Crippen molar-refractivity contribution >= 4 is 33.6 Å². The summed E-state index contributed by atoms with van der Waals surface area (Å²) >= 11 is 4.96. The summed E-state index contributed by atoms with van der Waals surface area (Å²) in [4.78, 5) is 13.2. The van der Waals surface area contributed by atoms with Crippen LogP contribution in [0, 0.1) is 0 Å². The van der Waals surface area contributed by atoms with Crippen molar-refractivity contribution in [2.45, 2.75) is 23.6 Å². The summed E-state index contributed by atoms with van der Waals surface area (Å²) in [6.07, 6.45) is 0. The van der Waals surface area contributed by atoms with E-state index in [-0.39, 0.29) is 11.2 Å². The maximum Gasteiger partial charge on any atom is 0.233 e. The molecule has 0 fully saturated rings. The van der Waals surface area contributed by atoms with Gasteiger partial charge >= 0.3 is 0 Å². The Kier molecular flexibility index (Phi) is 6.34. The van der Waals surface area contributed by atoms with Crippen LogP contribution in [-0.4, -0.2) is 18.3 Å². The number of carbonyl (C=O) groups is 1. The Morgan fingerprint density at radius 2 is 2.00 bits per heavy atom. The maximum atomic E-state index is 12.2. The molecule has 1 amide bonds. The van der Waals surface area contributed by atoms with Gasteiger partial charge in [-0.05, 0) is 48.9 Å². The first kappa shape index (κ1) is 16.9. The van der Waals surface area contributed by atoms with E-state index in [1.54, 1.807) is 7.11 Å². The summed E-state index contributed by atoms with van der Waals surface area (Å²) in [5.74, 6) is 0.844. The third-order valence-corrected chi connectivity index (χ3v) is 4.70. The van der Waals surface area contributed by atoms with Crippen LogP contribution in [0.1, 0.15) is 12.5 Å². The van der Waals surface area contributed by atoms with E-state index in [0.717, 1.165) is 20.7 Å². The molecule has 2 aromatic rings. The number of hydrogen-bond acceptors (Lipinski definition) is 3. The van der Waals surface area contributed by atoms with Gasteiger partial charge in [0.15, 0.2) is 0 Å². The molecule has 116 valence electrons. The summed E-state index contributed by atoms with van der Waals surface area (Å²) < 4.78 is 6.14. The molecule has 0 bridgehead atoms. The number of benzene rings is 2. The van der Waals surface area contributed by atoms with Gasteiger partial charge in [0.2, 0.25) is 5.91 Å². The third kappa shape index (κ3) is 5.07. The maximum absolute atomic E-state index is 12.2. The minimum Gasteiger partial charge on any atom is -0.497 e. The molecule has 0 heterocycles. The monoisotopic (exact) mass is 379 g/mol. The predicted molar refractivity (Wildman–Crippen MR) is 94.3 cm³/mol. The van der Waals surface area contributed by atoms with Gasteiger partial charge in [0.25, 0.3) is 0 Å². The number of thioether (sulfide) groups is 1. The fraction of sp³-hybridized carbons (Fsp3) is 0.235. The van der Waals surface area contributed by atoms with E-state index in [1.807, 2.05) is 55.5 Å². The van der Waals surface area contributed by atoms with Gasteiger partial charge in [-0.25, -0.2) is 0 Å². The molecule has 2 aromatic carbocycles. The molecule has 0 aliphatic heterocycles. The van der Waals surface area contributed by atoms with E-state index < -0.39 is 0 Å². The molecule has 0 aliphatic rings. The topological polar surface area (TPSA) is 38.3 Å². The highest BCUT2D eigenvalue weighted by Crippen LogP contribution is 2.25. The first-order valence-corrected chi connectivity index (χ1v) is 8.58. The number of ether oxygens (including phenoxy) is 1. The van der Waals surface area contributed by atoms with Crippen molar-refractivity contribution in [2.75, 3.05) is 7.11 Å². The van der Waals surface area contributed by atoms with Crippen LogP contribution in [0.3, 0.4) is 0 Å². The quantitative estimate of drug-likeness (QED) is 0.762. The number of rotatable bonds is 6. The van der Waals surface area contributed by atoms with Crippen molar-refractivity contribution < 1.29 is 9.53 Å². The molecule has 1 N–H and O–H groups in total. The molecule has 0 saturated carbocycles. The van der Waals surface area contributed by atoms with Crippen molar-refractivity contribution in [3.63, 3.8) is 0 Å². The minimum atomic E-state index is -0.152. The van der Waals surface area contributed by atoms with Crippen molar-refractivity contribution in [1.29, 1.82) is 0 Å². The lowest BCUT2D eigenvalue weighted by Gasteiger charge is -2.12. The second-order valence-electron chi connectivity index (χ2n) is 4.78. The van der Waals surface area contributed by atoms with Gasteiger partial charge in [-0.2, -0.15) is 0 Å². The van der Waals surface area contributed by atoms with Crippen molar-refractivity contribution in [3.05, 3.63) is 58.6 Å². The number of nitrogens with one attached hydrogen (secondary N) is 1. The second-order valence-corrected chi connectivity index (χ2v) is 7.11. The van der Waals surface area contributed by atoms with E-state index in [9.17, 15) is 4.79 Å². The Morgan fingerprint density at radius 3 is 2.64 bits per heavy atom. The first-order chi connectivity index (χ1) is 10.6. The van der Waals surface area contributed by atoms with Gasteiger partial charge < -0.3 is 10.1 Å². The molecule has 0 aromatic heterocycles. The molecule has 0 saturated heterocycles. The van der Waals surface area contributed by atoms with Crippen LogP contribution in [0.2, 0.25) is 0 Å². The van der Waals surface area contributed by atoms with E-state index >= 15 is 0 Å². The lowest BCUT2D eigenvalue weighted by atomic mass is 10.2. The molecule has 0 aliphatic carbocycles. The van der Waals surface area contributed by atoms with Crippen LogP contribution in [0.4, 0.5) is 0 Å². The molecule has 0 radical (unpaired) electrons. The van der Waals surface area contributed by atoms with Gasteiger partial charge in [-0.3, -0.25) is 4.79 Å². The molecule has 1 unspecified atom stereocenters. The van der Waals surface area contributed by atoms with Crippen molar-refractivity contribution in [3.8, 4) is 5.75 Å². The average molecular weight is 380 g/mol. The van der Waals surface area contributed by atoms with Crippen molar-refractivity contribution in [1.82, 2.24) is 5.32 Å². The zero-order valence-corrected chi connectivity index (χ0v) is 14.9. The number of carbonyl (C=O) groups excluding carboxylic acids is 1. The Hall–Kier alpha value is -1.46. The highest BCUT2D eigenvalue weighted by atomic mass is 79.9. The average Bonchev–Trinajstić information content (AvgIpc) is 2.53. The van der Waals surface area contributed by atoms with E-state index in [4.69, 9.17) is 4.74 Å². The van der Waals surface area contributed by atoms with Crippen LogP contribution in [-0.2, 0) is 11.3 Å². The Bertz CT molecular complexity index is 631. The first-order valence-electron chi connectivity index (χ1n) is 6.91. The van der Waals surface area contributed by atoms with Gasteiger partial charge in [0.05, 0.1) is 12.4 Å². The molecule has 5 heteroatoms. The summed E-state index contributed by atoms with van der Waals surface area (Å²) in [6, 6.07) is 15.6. The number of halogens is 1. The Labute approximate surface area is 143 Å². The number of amides is 1. The lowest BCUT2D eigenvalue weighted by molar-refractivity contribution is -0.120. The highest BCUT2D eigenvalue weighted by Gasteiger charge is 2.14. The zero-order chi connectivity index (χ0) is 15.9. The Balaban J connectivity index is 1.86. The highest BCUT2D eigenvalue weighted by molar-refractivity contribution is 9.10. The van der Waals surface area contributed by atoms with Crippen LogP contribution in [0.15, 0.2) is 57.9 Å². The smallest absolute Gasteiger partial charge is 0.233 e. The predicted octanol–water partition coefficient (Wildman–Crippen LogP) is 4.25. The van der Waals surface area contributed by atoms with Crippen LogP contribution >= 0.6 is 27.7 Å². The molecule has 22 heavy (non-hydrogen) atoms. The van der Waals surface area contributed by atoms with Gasteiger partial charge in [0, 0.05) is 15.9 Å². The molecule has 2 rings (SSSR count). The second kappa shape index (κ2) is 8.25. The molecule has 3 nitrogen and oxygen atoms in total. The number of methoxy groups -OCH3 is 1. The fourth-order valence-corrected chi connectivity index (χ4v) is 3.23. The normalized spacial score (nSPS) is 11.8. The standard InChI is InChI=1S/C17H18BrNO2S/c1-12(22-16-8-6-15(21-2)7-9-16)17(20)19-11-13-4-3-5-14(18)10-13/h3-10,12H,11H2,1-2H3,(H,19,20). The zero-order valence-electron chi connectivity index (χ0n) is 12.5. The molecule has 0 spiro atoms. The lowest BCUT2D eigenvalue weighted by Crippen LogP contribution is -2.30. The van der Waals surface area contributed by atoms with Crippen LogP contribution in [0.25, 0.3) is 0 Å². The molecule has 1 atom stereocenters. The van der Waals surface area contributed by atoms with E-state index in [2.05, 4.69) is 21.2 Å². The number of hydrogen-bond donors (Lipinski definition) is 1. The summed E-state index contributed by atoms with van der Waals surface area (Å²) in [6.45, 7) is 2.44. The largest absolute Gasteiger partial charge is 0.497 e. The summed E-state index contributed by atoms with van der Waals surface area (Å²) in [7, 11) is 1.64. The van der Waals surface area contributed by atoms with Crippen LogP contribution < -0.4 is 10.1 Å². The van der Waals surface area contributed by atoms with Crippen LogP contribution in [0.5, 0.6) is 5.75 Å². The van der Waals surface area contributed by atoms with Crippen molar-refractivity contribution in [2.24, 2.45) is 0 Å². The fourth-order valence-electron chi connectivity index (χ4n) is 1.89. The van der Waals surface area contributed by atoms with Gasteiger partial charge in [-0.15, -0.1) is 11.8 Å². The van der Waals surface area contributed by atoms with E-state index in [0.29, 0.717) is 6.54 Å². The van der Waals surface area contributed by atoms with Gasteiger partial charge in [-0.1, -0.05) is 28.1 Å². The third-order valence-electron chi connectivity index (χ3n) is 3.10. The molecular weight excluding hydrogens is 362 g/mol.